The first-order valence-corrected chi connectivity index (χ1v) is 8.76. The number of amides is 1. The Morgan fingerprint density at radius 3 is 2.72 bits per heavy atom. The van der Waals surface area contributed by atoms with Crippen molar-refractivity contribution in [2.75, 3.05) is 31.1 Å². The van der Waals surface area contributed by atoms with Gasteiger partial charge in [0.15, 0.2) is 0 Å². The van der Waals surface area contributed by atoms with Crippen molar-refractivity contribution in [3.05, 3.63) is 60.4 Å². The monoisotopic (exact) mass is 338 g/mol. The highest BCUT2D eigenvalue weighted by atomic mass is 16.2. The second-order valence-corrected chi connectivity index (χ2v) is 7.13. The number of para-hydroxylation sites is 1. The molecule has 5 nitrogen and oxygen atoms in total. The summed E-state index contributed by atoms with van der Waals surface area (Å²) < 4.78 is 0. The molecule has 0 bridgehead atoms. The lowest BCUT2D eigenvalue weighted by molar-refractivity contribution is -0.129. The topological polar surface area (TPSA) is 62.5 Å². The van der Waals surface area contributed by atoms with Crippen molar-refractivity contribution in [1.29, 1.82) is 0 Å². The Morgan fingerprint density at radius 2 is 2.08 bits per heavy atom. The van der Waals surface area contributed by atoms with Crippen molar-refractivity contribution in [2.45, 2.75) is 19.9 Å². The quantitative estimate of drug-likeness (QED) is 0.878. The molecule has 1 aromatic heterocycles. The molecular formula is C20H26N4O. The van der Waals surface area contributed by atoms with Gasteiger partial charge in [0.1, 0.15) is 0 Å². The molecule has 2 heterocycles. The third-order valence-corrected chi connectivity index (χ3v) is 4.95. The highest BCUT2D eigenvalue weighted by Crippen LogP contribution is 2.28. The normalized spacial score (nSPS) is 19.8. The van der Waals surface area contributed by atoms with E-state index < -0.39 is 0 Å². The van der Waals surface area contributed by atoms with Crippen LogP contribution in [-0.2, 0) is 11.3 Å². The first-order chi connectivity index (χ1) is 12.1. The van der Waals surface area contributed by atoms with Gasteiger partial charge in [-0.05, 0) is 42.1 Å². The fourth-order valence-corrected chi connectivity index (χ4v) is 3.26. The number of carbonyl (C=O) groups excluding carboxylic acids is 1. The summed E-state index contributed by atoms with van der Waals surface area (Å²) in [5.74, 6) is 0.157. The summed E-state index contributed by atoms with van der Waals surface area (Å²) in [6.45, 7) is 5.34. The molecule has 1 aliphatic rings. The molecule has 0 aliphatic carbocycles. The number of benzene rings is 1. The number of rotatable bonds is 6. The van der Waals surface area contributed by atoms with Crippen molar-refractivity contribution >= 4 is 11.6 Å². The lowest BCUT2D eigenvalue weighted by Gasteiger charge is -2.28. The van der Waals surface area contributed by atoms with Gasteiger partial charge in [0.25, 0.3) is 0 Å². The summed E-state index contributed by atoms with van der Waals surface area (Å²) in [7, 11) is 0. The zero-order valence-electron chi connectivity index (χ0n) is 14.8. The van der Waals surface area contributed by atoms with Crippen LogP contribution in [-0.4, -0.2) is 42.0 Å². The average Bonchev–Trinajstić information content (AvgIpc) is 3.06. The molecular weight excluding hydrogens is 312 g/mol. The molecule has 0 saturated carbocycles. The SMILES string of the molecule is CC1(CN)CCN(C(=O)CN(Cc2cccnc2)c2ccccc2)C1. The predicted molar refractivity (Wildman–Crippen MR) is 100 cm³/mol. The molecule has 1 fully saturated rings. The summed E-state index contributed by atoms with van der Waals surface area (Å²) in [6.07, 6.45) is 4.59. The van der Waals surface area contributed by atoms with Crippen LogP contribution in [0.3, 0.4) is 0 Å². The summed E-state index contributed by atoms with van der Waals surface area (Å²) in [6, 6.07) is 14.0. The minimum absolute atomic E-state index is 0.0522. The summed E-state index contributed by atoms with van der Waals surface area (Å²) in [4.78, 5) is 21.1. The van der Waals surface area contributed by atoms with Crippen LogP contribution >= 0.6 is 0 Å². The first kappa shape index (κ1) is 17.4. The Bertz CT molecular complexity index is 691. The molecule has 1 aromatic carbocycles. The van der Waals surface area contributed by atoms with Crippen molar-refractivity contribution < 1.29 is 4.79 Å². The number of hydrogen-bond acceptors (Lipinski definition) is 4. The summed E-state index contributed by atoms with van der Waals surface area (Å²) in [5, 5.41) is 0. The van der Waals surface area contributed by atoms with E-state index in [1.807, 2.05) is 53.6 Å². The zero-order valence-corrected chi connectivity index (χ0v) is 14.8. The highest BCUT2D eigenvalue weighted by molar-refractivity contribution is 5.81. The summed E-state index contributed by atoms with van der Waals surface area (Å²) >= 11 is 0. The lowest BCUT2D eigenvalue weighted by atomic mass is 9.90. The number of anilines is 1. The molecule has 1 saturated heterocycles. The van der Waals surface area contributed by atoms with Crippen LogP contribution in [0, 0.1) is 5.41 Å². The van der Waals surface area contributed by atoms with Crippen LogP contribution in [0.2, 0.25) is 0 Å². The smallest absolute Gasteiger partial charge is 0.242 e. The first-order valence-electron chi connectivity index (χ1n) is 8.76. The molecule has 25 heavy (non-hydrogen) atoms. The number of nitrogens with zero attached hydrogens (tertiary/aromatic N) is 3. The van der Waals surface area contributed by atoms with Crippen LogP contribution < -0.4 is 10.6 Å². The molecule has 5 heteroatoms. The van der Waals surface area contributed by atoms with Gasteiger partial charge in [-0.25, -0.2) is 0 Å². The van der Waals surface area contributed by atoms with E-state index in [9.17, 15) is 4.79 Å². The fourth-order valence-electron chi connectivity index (χ4n) is 3.26. The van der Waals surface area contributed by atoms with E-state index in [1.54, 1.807) is 6.20 Å². The number of pyridine rings is 1. The van der Waals surface area contributed by atoms with E-state index in [4.69, 9.17) is 5.73 Å². The molecule has 1 aliphatic heterocycles. The van der Waals surface area contributed by atoms with Crippen LogP contribution in [0.25, 0.3) is 0 Å². The van der Waals surface area contributed by atoms with Crippen LogP contribution in [0.5, 0.6) is 0 Å². The molecule has 0 radical (unpaired) electrons. The Labute approximate surface area is 149 Å². The second-order valence-electron chi connectivity index (χ2n) is 7.13. The van der Waals surface area contributed by atoms with E-state index >= 15 is 0 Å². The van der Waals surface area contributed by atoms with Crippen molar-refractivity contribution in [3.8, 4) is 0 Å². The van der Waals surface area contributed by atoms with Gasteiger partial charge in [-0.3, -0.25) is 9.78 Å². The number of likely N-dealkylation sites (tertiary alicyclic amines) is 1. The Morgan fingerprint density at radius 1 is 1.28 bits per heavy atom. The van der Waals surface area contributed by atoms with Gasteiger partial charge in [-0.15, -0.1) is 0 Å². The molecule has 0 spiro atoms. The van der Waals surface area contributed by atoms with E-state index in [0.29, 0.717) is 19.6 Å². The van der Waals surface area contributed by atoms with Gasteiger partial charge >= 0.3 is 0 Å². The number of aromatic nitrogens is 1. The fraction of sp³-hybridized carbons (Fsp3) is 0.400. The van der Waals surface area contributed by atoms with Gasteiger partial charge in [0, 0.05) is 37.7 Å². The average molecular weight is 338 g/mol. The lowest BCUT2D eigenvalue weighted by Crippen LogP contribution is -2.41. The molecule has 2 N–H and O–H groups in total. The molecule has 1 amide bonds. The van der Waals surface area contributed by atoms with Gasteiger partial charge in [0.2, 0.25) is 5.91 Å². The zero-order chi connectivity index (χ0) is 17.7. The van der Waals surface area contributed by atoms with Crippen LogP contribution in [0.4, 0.5) is 5.69 Å². The summed E-state index contributed by atoms with van der Waals surface area (Å²) in [5.41, 5.74) is 8.05. The van der Waals surface area contributed by atoms with Crippen molar-refractivity contribution in [1.82, 2.24) is 9.88 Å². The van der Waals surface area contributed by atoms with Crippen LogP contribution in [0.15, 0.2) is 54.9 Å². The Hall–Kier alpha value is -2.40. The second kappa shape index (κ2) is 7.66. The maximum Gasteiger partial charge on any atom is 0.242 e. The van der Waals surface area contributed by atoms with Crippen molar-refractivity contribution in [2.24, 2.45) is 11.1 Å². The maximum atomic E-state index is 12.9. The third-order valence-electron chi connectivity index (χ3n) is 4.95. The van der Waals surface area contributed by atoms with Crippen molar-refractivity contribution in [3.63, 3.8) is 0 Å². The Kier molecular flexibility index (Phi) is 5.34. The number of carbonyl (C=O) groups is 1. The third kappa shape index (κ3) is 4.37. The maximum absolute atomic E-state index is 12.9. The minimum atomic E-state index is 0.0522. The molecule has 1 unspecified atom stereocenters. The van der Waals surface area contributed by atoms with Gasteiger partial charge < -0.3 is 15.5 Å². The van der Waals surface area contributed by atoms with Gasteiger partial charge in [0.05, 0.1) is 6.54 Å². The largest absolute Gasteiger partial charge is 0.358 e. The number of hydrogen-bond donors (Lipinski definition) is 1. The van der Waals surface area contributed by atoms with Crippen LogP contribution in [0.1, 0.15) is 18.9 Å². The highest BCUT2D eigenvalue weighted by Gasteiger charge is 2.35. The molecule has 3 rings (SSSR count). The molecule has 132 valence electrons. The van der Waals surface area contributed by atoms with E-state index in [1.165, 1.54) is 0 Å². The van der Waals surface area contributed by atoms with Gasteiger partial charge in [-0.2, -0.15) is 0 Å². The van der Waals surface area contributed by atoms with E-state index in [2.05, 4.69) is 16.8 Å². The Balaban J connectivity index is 1.73. The molecule has 1 atom stereocenters. The van der Waals surface area contributed by atoms with E-state index in [-0.39, 0.29) is 11.3 Å². The molecule has 2 aromatic rings. The predicted octanol–water partition coefficient (Wildman–Crippen LogP) is 2.29. The van der Waals surface area contributed by atoms with Gasteiger partial charge in [-0.1, -0.05) is 31.2 Å². The number of nitrogens with two attached hydrogens (primary N) is 1. The van der Waals surface area contributed by atoms with E-state index in [0.717, 1.165) is 30.8 Å². The minimum Gasteiger partial charge on any atom is -0.358 e. The standard InChI is InChI=1S/C20H26N4O/c1-20(15-21)9-11-23(16-20)19(25)14-24(18-7-3-2-4-8-18)13-17-6-5-10-22-12-17/h2-8,10,12H,9,11,13-16,21H2,1H3.